The third-order valence-corrected chi connectivity index (χ3v) is 2.99. The lowest BCUT2D eigenvalue weighted by Gasteiger charge is -2.06. The smallest absolute Gasteiger partial charge is 0.308 e. The summed E-state index contributed by atoms with van der Waals surface area (Å²) < 4.78 is 24.8. The average Bonchev–Trinajstić information content (AvgIpc) is 2.11. The van der Waals surface area contributed by atoms with Crippen LogP contribution < -0.4 is 5.56 Å². The third kappa shape index (κ3) is 2.74. The summed E-state index contributed by atoms with van der Waals surface area (Å²) >= 11 is 1.55. The summed E-state index contributed by atoms with van der Waals surface area (Å²) in [5.74, 6) is -1.23. The van der Waals surface area contributed by atoms with Crippen LogP contribution in [0.3, 0.4) is 0 Å². The van der Waals surface area contributed by atoms with Crippen LogP contribution in [0.1, 0.15) is 17.6 Å². The Morgan fingerprint density at radius 2 is 2.20 bits per heavy atom. The van der Waals surface area contributed by atoms with Crippen LogP contribution in [0.25, 0.3) is 0 Å². The minimum atomic E-state index is -2.73. The van der Waals surface area contributed by atoms with Gasteiger partial charge in [-0.05, 0) is 22.6 Å². The molecule has 1 aromatic rings. The summed E-state index contributed by atoms with van der Waals surface area (Å²) in [6.45, 7) is 0. The van der Waals surface area contributed by atoms with Gasteiger partial charge in [0.2, 0.25) is 0 Å². The van der Waals surface area contributed by atoms with E-state index in [0.29, 0.717) is 0 Å². The van der Waals surface area contributed by atoms with Gasteiger partial charge in [-0.2, -0.15) is 0 Å². The SMILES string of the molecule is O=C(O)Cc1c(I)c(C(F)F)c[nH]c1=O. The summed E-state index contributed by atoms with van der Waals surface area (Å²) in [5.41, 5.74) is -1.14. The number of H-pyrrole nitrogens is 1. The highest BCUT2D eigenvalue weighted by molar-refractivity contribution is 14.1. The monoisotopic (exact) mass is 329 g/mol. The van der Waals surface area contributed by atoms with Gasteiger partial charge in [-0.3, -0.25) is 9.59 Å². The second-order valence-electron chi connectivity index (χ2n) is 2.74. The second-order valence-corrected chi connectivity index (χ2v) is 3.82. The first kappa shape index (κ1) is 12.1. The van der Waals surface area contributed by atoms with Crippen molar-refractivity contribution in [2.24, 2.45) is 0 Å². The van der Waals surface area contributed by atoms with Gasteiger partial charge in [0.15, 0.2) is 0 Å². The fourth-order valence-electron chi connectivity index (χ4n) is 1.04. The molecule has 2 N–H and O–H groups in total. The van der Waals surface area contributed by atoms with E-state index in [9.17, 15) is 18.4 Å². The number of halogens is 3. The van der Waals surface area contributed by atoms with E-state index in [0.717, 1.165) is 6.20 Å². The molecule has 0 bridgehead atoms. The van der Waals surface area contributed by atoms with Gasteiger partial charge >= 0.3 is 5.97 Å². The number of carbonyl (C=O) groups is 1. The molecule has 0 aliphatic heterocycles. The minimum absolute atomic E-state index is 0.00810. The van der Waals surface area contributed by atoms with Gasteiger partial charge in [-0.1, -0.05) is 0 Å². The molecule has 0 radical (unpaired) electrons. The summed E-state index contributed by atoms with van der Waals surface area (Å²) in [7, 11) is 0. The van der Waals surface area contributed by atoms with Crippen LogP contribution in [-0.4, -0.2) is 16.1 Å². The predicted octanol–water partition coefficient (Wildman–Crippen LogP) is 1.54. The molecule has 1 heterocycles. The quantitative estimate of drug-likeness (QED) is 0.827. The highest BCUT2D eigenvalue weighted by Crippen LogP contribution is 2.24. The highest BCUT2D eigenvalue weighted by atomic mass is 127. The fraction of sp³-hybridized carbons (Fsp3) is 0.250. The molecule has 1 aromatic heterocycles. The minimum Gasteiger partial charge on any atom is -0.481 e. The number of hydrogen-bond acceptors (Lipinski definition) is 2. The van der Waals surface area contributed by atoms with Gasteiger partial charge < -0.3 is 10.1 Å². The van der Waals surface area contributed by atoms with E-state index < -0.39 is 24.4 Å². The molecule has 0 saturated carbocycles. The Balaban J connectivity index is 3.30. The zero-order valence-electron chi connectivity index (χ0n) is 7.26. The van der Waals surface area contributed by atoms with E-state index in [1.165, 1.54) is 0 Å². The van der Waals surface area contributed by atoms with Crippen LogP contribution >= 0.6 is 22.6 Å². The number of alkyl halides is 2. The molecule has 0 saturated heterocycles. The molecule has 0 spiro atoms. The number of rotatable bonds is 3. The number of carboxylic acid groups (broad SMARTS) is 1. The van der Waals surface area contributed by atoms with E-state index in [1.54, 1.807) is 22.6 Å². The number of hydrogen-bond donors (Lipinski definition) is 2. The van der Waals surface area contributed by atoms with Crippen molar-refractivity contribution in [3.63, 3.8) is 0 Å². The second kappa shape index (κ2) is 4.69. The standard InChI is InChI=1S/C8H6F2INO3/c9-7(10)4-2-12-8(15)3(6(4)11)1-5(13)14/h2,7H,1H2,(H,12,15)(H,13,14). The molecule has 0 atom stereocenters. The Hall–Kier alpha value is -0.990. The zero-order chi connectivity index (χ0) is 11.6. The van der Waals surface area contributed by atoms with E-state index in [1.807, 2.05) is 0 Å². The van der Waals surface area contributed by atoms with Crippen molar-refractivity contribution < 1.29 is 18.7 Å². The van der Waals surface area contributed by atoms with Gasteiger partial charge in [0.1, 0.15) is 0 Å². The van der Waals surface area contributed by atoms with Crippen LogP contribution in [0.2, 0.25) is 0 Å². The van der Waals surface area contributed by atoms with Gasteiger partial charge in [0, 0.05) is 20.9 Å². The van der Waals surface area contributed by atoms with Crippen LogP contribution in [0, 0.1) is 3.57 Å². The van der Waals surface area contributed by atoms with Crippen LogP contribution in [0.5, 0.6) is 0 Å². The lowest BCUT2D eigenvalue weighted by Crippen LogP contribution is -2.19. The van der Waals surface area contributed by atoms with Crippen molar-refractivity contribution in [3.05, 3.63) is 31.2 Å². The maximum Gasteiger partial charge on any atom is 0.308 e. The maximum absolute atomic E-state index is 12.4. The van der Waals surface area contributed by atoms with Gasteiger partial charge in [0.05, 0.1) is 6.42 Å². The summed E-state index contributed by atoms with van der Waals surface area (Å²) in [6.07, 6.45) is -2.39. The normalized spacial score (nSPS) is 10.7. The molecule has 4 nitrogen and oxygen atoms in total. The first-order valence-electron chi connectivity index (χ1n) is 3.83. The van der Waals surface area contributed by atoms with Gasteiger partial charge in [-0.15, -0.1) is 0 Å². The molecule has 0 aliphatic rings. The first-order valence-corrected chi connectivity index (χ1v) is 4.91. The predicted molar refractivity (Wildman–Crippen MR) is 56.1 cm³/mol. The first-order chi connectivity index (χ1) is 6.93. The van der Waals surface area contributed by atoms with Gasteiger partial charge in [-0.25, -0.2) is 8.78 Å². The molecule has 0 aromatic carbocycles. The summed E-state index contributed by atoms with van der Waals surface area (Å²) in [4.78, 5) is 23.7. The van der Waals surface area contributed by atoms with Crippen LogP contribution in [-0.2, 0) is 11.2 Å². The largest absolute Gasteiger partial charge is 0.481 e. The van der Waals surface area contributed by atoms with Crippen LogP contribution in [0.15, 0.2) is 11.0 Å². The van der Waals surface area contributed by atoms with E-state index in [4.69, 9.17) is 5.11 Å². The van der Waals surface area contributed by atoms with Crippen molar-refractivity contribution >= 4 is 28.6 Å². The highest BCUT2D eigenvalue weighted by Gasteiger charge is 2.18. The summed E-state index contributed by atoms with van der Waals surface area (Å²) in [6, 6.07) is 0. The maximum atomic E-state index is 12.4. The number of pyridine rings is 1. The molecule has 0 unspecified atom stereocenters. The molecular formula is C8H6F2INO3. The third-order valence-electron chi connectivity index (χ3n) is 1.71. The Morgan fingerprint density at radius 1 is 1.60 bits per heavy atom. The molecule has 0 fully saturated rings. The van der Waals surface area contributed by atoms with E-state index in [-0.39, 0.29) is 14.7 Å². The molecule has 7 heteroatoms. The average molecular weight is 329 g/mol. The molecule has 1 rings (SSSR count). The topological polar surface area (TPSA) is 70.2 Å². The van der Waals surface area contributed by atoms with Crippen molar-refractivity contribution in [1.82, 2.24) is 4.98 Å². The Kier molecular flexibility index (Phi) is 3.77. The van der Waals surface area contributed by atoms with Crippen molar-refractivity contribution in [2.45, 2.75) is 12.8 Å². The van der Waals surface area contributed by atoms with Crippen LogP contribution in [0.4, 0.5) is 8.78 Å². The zero-order valence-corrected chi connectivity index (χ0v) is 9.42. The van der Waals surface area contributed by atoms with E-state index >= 15 is 0 Å². The number of aromatic nitrogens is 1. The van der Waals surface area contributed by atoms with Crippen molar-refractivity contribution in [2.75, 3.05) is 0 Å². The van der Waals surface area contributed by atoms with E-state index in [2.05, 4.69) is 4.98 Å². The number of carboxylic acids is 1. The van der Waals surface area contributed by atoms with Gasteiger partial charge in [0.25, 0.3) is 12.0 Å². The Bertz CT molecular complexity index is 444. The fourth-order valence-corrected chi connectivity index (χ4v) is 1.86. The number of aliphatic carboxylic acids is 1. The molecule has 82 valence electrons. The molecule has 0 amide bonds. The molecular weight excluding hydrogens is 323 g/mol. The molecule has 0 aliphatic carbocycles. The van der Waals surface area contributed by atoms with Crippen molar-refractivity contribution in [3.8, 4) is 0 Å². The molecule has 15 heavy (non-hydrogen) atoms. The van der Waals surface area contributed by atoms with Crippen molar-refractivity contribution in [1.29, 1.82) is 0 Å². The lowest BCUT2D eigenvalue weighted by atomic mass is 10.1. The number of aromatic amines is 1. The Morgan fingerprint density at radius 3 is 2.67 bits per heavy atom. The summed E-state index contributed by atoms with van der Waals surface area (Å²) in [5, 5.41) is 8.50. The number of nitrogens with one attached hydrogen (secondary N) is 1. The lowest BCUT2D eigenvalue weighted by molar-refractivity contribution is -0.136. The Labute approximate surface area is 96.5 Å².